The van der Waals surface area contributed by atoms with Gasteiger partial charge >= 0.3 is 0 Å². The number of nitrogens with one attached hydrogen (secondary N) is 1. The smallest absolute Gasteiger partial charge is 0.145 e. The van der Waals surface area contributed by atoms with E-state index in [-0.39, 0.29) is 0 Å². The van der Waals surface area contributed by atoms with Crippen LogP contribution in [0.25, 0.3) is 11.3 Å². The van der Waals surface area contributed by atoms with Crippen LogP contribution in [-0.4, -0.2) is 18.1 Å². The zero-order valence-electron chi connectivity index (χ0n) is 12.0. The first-order chi connectivity index (χ1) is 9.78. The second-order valence-corrected chi connectivity index (χ2v) is 5.36. The molecule has 1 saturated carbocycles. The van der Waals surface area contributed by atoms with Gasteiger partial charge in [-0.05, 0) is 49.1 Å². The Morgan fingerprint density at radius 2 is 2.15 bits per heavy atom. The van der Waals surface area contributed by atoms with Gasteiger partial charge in [0.1, 0.15) is 11.4 Å². The maximum atomic E-state index is 5.42. The van der Waals surface area contributed by atoms with Gasteiger partial charge in [-0.15, -0.1) is 0 Å². The molecule has 1 fully saturated rings. The highest BCUT2D eigenvalue weighted by atomic mass is 16.5. The van der Waals surface area contributed by atoms with Gasteiger partial charge in [-0.1, -0.05) is 12.1 Å². The van der Waals surface area contributed by atoms with E-state index in [2.05, 4.69) is 35.4 Å². The highest BCUT2D eigenvalue weighted by molar-refractivity contribution is 5.70. The molecule has 1 aliphatic rings. The molecule has 0 saturated heterocycles. The maximum absolute atomic E-state index is 5.42. The summed E-state index contributed by atoms with van der Waals surface area (Å²) in [5.41, 5.74) is 4.58. The fourth-order valence-electron chi connectivity index (χ4n) is 2.34. The third-order valence-electron chi connectivity index (χ3n) is 3.72. The Morgan fingerprint density at radius 1 is 1.30 bits per heavy atom. The number of pyridine rings is 1. The molecule has 1 N–H and O–H groups in total. The molecule has 1 aromatic heterocycles. The molecule has 0 spiro atoms. The van der Waals surface area contributed by atoms with Crippen molar-refractivity contribution in [1.29, 1.82) is 0 Å². The van der Waals surface area contributed by atoms with E-state index < -0.39 is 0 Å². The van der Waals surface area contributed by atoms with Crippen molar-refractivity contribution in [2.24, 2.45) is 0 Å². The Kier molecular flexibility index (Phi) is 3.70. The Morgan fingerprint density at radius 3 is 2.90 bits per heavy atom. The third kappa shape index (κ3) is 2.83. The van der Waals surface area contributed by atoms with Gasteiger partial charge in [0.05, 0.1) is 7.11 Å². The molecule has 0 atom stereocenters. The standard InChI is InChI=1S/C17H20N2O/c1-12-5-6-13(11-19-14-7-8-14)10-15(12)17-16(20-2)4-3-9-18-17/h3-6,9-10,14,19H,7-8,11H2,1-2H3. The second kappa shape index (κ2) is 5.63. The predicted molar refractivity (Wildman–Crippen MR) is 80.8 cm³/mol. The monoisotopic (exact) mass is 268 g/mol. The topological polar surface area (TPSA) is 34.1 Å². The average molecular weight is 268 g/mol. The predicted octanol–water partition coefficient (Wildman–Crippen LogP) is 3.32. The summed E-state index contributed by atoms with van der Waals surface area (Å²) in [6.07, 6.45) is 4.44. The molecule has 104 valence electrons. The van der Waals surface area contributed by atoms with Crippen LogP contribution in [0.3, 0.4) is 0 Å². The van der Waals surface area contributed by atoms with Crippen LogP contribution in [0.1, 0.15) is 24.0 Å². The molecule has 1 heterocycles. The molecule has 0 aliphatic heterocycles. The summed E-state index contributed by atoms with van der Waals surface area (Å²) < 4.78 is 5.42. The first-order valence-electron chi connectivity index (χ1n) is 7.10. The van der Waals surface area contributed by atoms with Gasteiger partial charge in [-0.25, -0.2) is 0 Å². The van der Waals surface area contributed by atoms with E-state index in [0.717, 1.165) is 29.6 Å². The van der Waals surface area contributed by atoms with E-state index >= 15 is 0 Å². The van der Waals surface area contributed by atoms with Crippen LogP contribution in [0.2, 0.25) is 0 Å². The van der Waals surface area contributed by atoms with Crippen molar-refractivity contribution in [3.8, 4) is 17.0 Å². The Balaban J connectivity index is 1.92. The van der Waals surface area contributed by atoms with Crippen molar-refractivity contribution in [3.63, 3.8) is 0 Å². The minimum Gasteiger partial charge on any atom is -0.494 e. The van der Waals surface area contributed by atoms with Crippen molar-refractivity contribution in [2.75, 3.05) is 7.11 Å². The average Bonchev–Trinajstić information content (AvgIpc) is 3.30. The SMILES string of the molecule is COc1cccnc1-c1cc(CNC2CC2)ccc1C. The highest BCUT2D eigenvalue weighted by Crippen LogP contribution is 2.30. The summed E-state index contributed by atoms with van der Waals surface area (Å²) in [5, 5.41) is 3.55. The van der Waals surface area contributed by atoms with E-state index in [1.807, 2.05) is 18.3 Å². The molecule has 1 aliphatic carbocycles. The van der Waals surface area contributed by atoms with Crippen molar-refractivity contribution < 1.29 is 4.74 Å². The largest absolute Gasteiger partial charge is 0.494 e. The zero-order valence-corrected chi connectivity index (χ0v) is 12.0. The lowest BCUT2D eigenvalue weighted by Gasteiger charge is -2.12. The van der Waals surface area contributed by atoms with E-state index in [1.54, 1.807) is 7.11 Å². The summed E-state index contributed by atoms with van der Waals surface area (Å²) in [4.78, 5) is 4.48. The molecule has 3 nitrogen and oxygen atoms in total. The van der Waals surface area contributed by atoms with Gasteiger partial charge in [0.15, 0.2) is 0 Å². The van der Waals surface area contributed by atoms with E-state index in [1.165, 1.54) is 24.0 Å². The van der Waals surface area contributed by atoms with Crippen LogP contribution >= 0.6 is 0 Å². The molecule has 1 aromatic carbocycles. The molecule has 3 heteroatoms. The van der Waals surface area contributed by atoms with Gasteiger partial charge in [0.2, 0.25) is 0 Å². The first kappa shape index (κ1) is 13.1. The van der Waals surface area contributed by atoms with Gasteiger partial charge in [0.25, 0.3) is 0 Å². The molecule has 0 bridgehead atoms. The lowest BCUT2D eigenvalue weighted by Crippen LogP contribution is -2.15. The van der Waals surface area contributed by atoms with Gasteiger partial charge in [-0.2, -0.15) is 0 Å². The highest BCUT2D eigenvalue weighted by Gasteiger charge is 2.20. The van der Waals surface area contributed by atoms with Crippen LogP contribution in [0, 0.1) is 6.92 Å². The second-order valence-electron chi connectivity index (χ2n) is 5.36. The van der Waals surface area contributed by atoms with E-state index in [4.69, 9.17) is 4.74 Å². The Hall–Kier alpha value is -1.87. The number of nitrogens with zero attached hydrogens (tertiary/aromatic N) is 1. The summed E-state index contributed by atoms with van der Waals surface area (Å²) in [7, 11) is 1.69. The summed E-state index contributed by atoms with van der Waals surface area (Å²) in [6, 6.07) is 11.1. The summed E-state index contributed by atoms with van der Waals surface area (Å²) >= 11 is 0. The molecule has 0 unspecified atom stereocenters. The normalized spacial score (nSPS) is 14.3. The number of benzene rings is 1. The molecular weight excluding hydrogens is 248 g/mol. The maximum Gasteiger partial charge on any atom is 0.145 e. The molecule has 20 heavy (non-hydrogen) atoms. The molecule has 2 aromatic rings. The quantitative estimate of drug-likeness (QED) is 0.903. The van der Waals surface area contributed by atoms with Crippen LogP contribution in [0.4, 0.5) is 0 Å². The number of aromatic nitrogens is 1. The molecule has 3 rings (SSSR count). The fourth-order valence-corrected chi connectivity index (χ4v) is 2.34. The van der Waals surface area contributed by atoms with E-state index in [0.29, 0.717) is 0 Å². The van der Waals surface area contributed by atoms with Crippen molar-refractivity contribution in [3.05, 3.63) is 47.7 Å². The summed E-state index contributed by atoms with van der Waals surface area (Å²) in [5.74, 6) is 0.822. The number of aryl methyl sites for hydroxylation is 1. The molecular formula is C17H20N2O. The van der Waals surface area contributed by atoms with Crippen molar-refractivity contribution in [1.82, 2.24) is 10.3 Å². The minimum atomic E-state index is 0.726. The van der Waals surface area contributed by atoms with Gasteiger partial charge < -0.3 is 10.1 Å². The molecule has 0 radical (unpaired) electrons. The van der Waals surface area contributed by atoms with Gasteiger partial charge in [-0.3, -0.25) is 4.98 Å². The minimum absolute atomic E-state index is 0.726. The summed E-state index contributed by atoms with van der Waals surface area (Å²) in [6.45, 7) is 3.04. The lowest BCUT2D eigenvalue weighted by atomic mass is 10.0. The van der Waals surface area contributed by atoms with E-state index in [9.17, 15) is 0 Å². The van der Waals surface area contributed by atoms with Crippen LogP contribution in [-0.2, 0) is 6.54 Å². The number of hydrogen-bond donors (Lipinski definition) is 1. The third-order valence-corrected chi connectivity index (χ3v) is 3.72. The Labute approximate surface area is 120 Å². The lowest BCUT2D eigenvalue weighted by molar-refractivity contribution is 0.415. The number of ether oxygens (including phenoxy) is 1. The van der Waals surface area contributed by atoms with Gasteiger partial charge in [0, 0.05) is 24.3 Å². The first-order valence-corrected chi connectivity index (χ1v) is 7.10. The Bertz CT molecular complexity index is 606. The van der Waals surface area contributed by atoms with Crippen LogP contribution < -0.4 is 10.1 Å². The number of rotatable bonds is 5. The van der Waals surface area contributed by atoms with Crippen LogP contribution in [0.5, 0.6) is 5.75 Å². The zero-order chi connectivity index (χ0) is 13.9. The van der Waals surface area contributed by atoms with Crippen molar-refractivity contribution in [2.45, 2.75) is 32.4 Å². The number of methoxy groups -OCH3 is 1. The number of hydrogen-bond acceptors (Lipinski definition) is 3. The van der Waals surface area contributed by atoms with Crippen LogP contribution in [0.15, 0.2) is 36.5 Å². The van der Waals surface area contributed by atoms with Crippen molar-refractivity contribution >= 4 is 0 Å². The fraction of sp³-hybridized carbons (Fsp3) is 0.353. The molecule has 0 amide bonds.